The maximum atomic E-state index is 12.1. The number of aromatic nitrogens is 2. The third-order valence-electron chi connectivity index (χ3n) is 3.74. The fraction of sp³-hybridized carbons (Fsp3) is 0.143. The molecular weight excluding hydrogens is 362 g/mol. The van der Waals surface area contributed by atoms with E-state index in [9.17, 15) is 4.79 Å². The fourth-order valence-electron chi connectivity index (χ4n) is 2.37. The lowest BCUT2D eigenvalue weighted by Crippen LogP contribution is -2.23. The third kappa shape index (κ3) is 5.63. The molecule has 136 valence electrons. The second kappa shape index (κ2) is 9.46. The highest BCUT2D eigenvalue weighted by molar-refractivity contribution is 6.32. The lowest BCUT2D eigenvalue weighted by molar-refractivity contribution is 0.0958. The molecule has 1 amide bonds. The number of hydrogen-bond acceptors (Lipinski definition) is 3. The Hall–Kier alpha value is -3.23. The minimum Gasteiger partial charge on any atom is -0.479 e. The molecule has 0 bridgehead atoms. The van der Waals surface area contributed by atoms with Crippen LogP contribution in [0, 0.1) is 11.8 Å². The van der Waals surface area contributed by atoms with Gasteiger partial charge in [-0.05, 0) is 29.8 Å². The summed E-state index contributed by atoms with van der Waals surface area (Å²) in [4.78, 5) is 16.1. The number of benzene rings is 2. The van der Waals surface area contributed by atoms with E-state index in [-0.39, 0.29) is 19.1 Å². The van der Waals surface area contributed by atoms with Gasteiger partial charge in [0.25, 0.3) is 5.91 Å². The zero-order chi connectivity index (χ0) is 18.9. The van der Waals surface area contributed by atoms with Crippen LogP contribution in [0.1, 0.15) is 15.9 Å². The molecule has 0 atom stereocenters. The molecule has 5 nitrogen and oxygen atoms in total. The standard InChI is InChI=1S/C21H18ClN3O2/c22-19-5-1-2-6-20(19)27-14-4-3-11-24-21(26)18-9-7-17(8-10-18)15-25-13-12-23-16-25/h1-2,5-10,12-13,16H,11,14-15H2,(H,24,26). The lowest BCUT2D eigenvalue weighted by atomic mass is 10.1. The summed E-state index contributed by atoms with van der Waals surface area (Å²) >= 11 is 5.99. The van der Waals surface area contributed by atoms with E-state index in [4.69, 9.17) is 16.3 Å². The number of rotatable bonds is 6. The molecule has 1 heterocycles. The first kappa shape index (κ1) is 18.6. The second-order valence-electron chi connectivity index (χ2n) is 5.69. The molecule has 0 spiro atoms. The maximum Gasteiger partial charge on any atom is 0.252 e. The van der Waals surface area contributed by atoms with Crippen LogP contribution in [0.4, 0.5) is 0 Å². The van der Waals surface area contributed by atoms with Gasteiger partial charge in [0.1, 0.15) is 12.4 Å². The zero-order valence-corrected chi connectivity index (χ0v) is 15.3. The molecule has 0 saturated heterocycles. The summed E-state index contributed by atoms with van der Waals surface area (Å²) in [6.07, 6.45) is 5.39. The first-order valence-corrected chi connectivity index (χ1v) is 8.76. The molecule has 0 radical (unpaired) electrons. The van der Waals surface area contributed by atoms with Crippen LogP contribution in [0.5, 0.6) is 5.75 Å². The van der Waals surface area contributed by atoms with Crippen LogP contribution >= 0.6 is 11.6 Å². The molecule has 0 aliphatic heterocycles. The molecule has 2 aromatic carbocycles. The second-order valence-corrected chi connectivity index (χ2v) is 6.09. The third-order valence-corrected chi connectivity index (χ3v) is 4.05. The summed E-state index contributed by atoms with van der Waals surface area (Å²) in [5.74, 6) is 6.13. The monoisotopic (exact) mass is 379 g/mol. The van der Waals surface area contributed by atoms with Crippen LogP contribution in [0.2, 0.25) is 5.02 Å². The van der Waals surface area contributed by atoms with Crippen molar-refractivity contribution in [2.75, 3.05) is 13.2 Å². The number of nitrogens with zero attached hydrogens (tertiary/aromatic N) is 2. The minimum absolute atomic E-state index is 0.162. The molecule has 0 aliphatic carbocycles. The fourth-order valence-corrected chi connectivity index (χ4v) is 2.56. The first-order valence-electron chi connectivity index (χ1n) is 8.38. The average Bonchev–Trinajstić information content (AvgIpc) is 3.19. The van der Waals surface area contributed by atoms with E-state index in [0.29, 0.717) is 16.3 Å². The smallest absolute Gasteiger partial charge is 0.252 e. The number of carbonyl (C=O) groups is 1. The van der Waals surface area contributed by atoms with Crippen LogP contribution in [-0.4, -0.2) is 28.6 Å². The van der Waals surface area contributed by atoms with Crippen LogP contribution in [0.3, 0.4) is 0 Å². The highest BCUT2D eigenvalue weighted by Crippen LogP contribution is 2.22. The Kier molecular flexibility index (Phi) is 6.50. The van der Waals surface area contributed by atoms with Gasteiger partial charge in [0.05, 0.1) is 17.9 Å². The molecule has 3 rings (SSSR count). The predicted octanol–water partition coefficient (Wildman–Crippen LogP) is 3.40. The van der Waals surface area contributed by atoms with E-state index in [1.807, 2.05) is 35.0 Å². The number of imidazole rings is 1. The Morgan fingerprint density at radius 1 is 1.15 bits per heavy atom. The number of hydrogen-bond donors (Lipinski definition) is 1. The summed E-state index contributed by atoms with van der Waals surface area (Å²) in [5, 5.41) is 3.31. The molecule has 0 fully saturated rings. The number of ether oxygens (including phenoxy) is 1. The molecule has 27 heavy (non-hydrogen) atoms. The number of carbonyl (C=O) groups excluding carboxylic acids is 1. The van der Waals surface area contributed by atoms with Crippen molar-refractivity contribution in [3.8, 4) is 17.6 Å². The normalized spacial score (nSPS) is 9.96. The van der Waals surface area contributed by atoms with E-state index in [2.05, 4.69) is 22.1 Å². The van der Waals surface area contributed by atoms with Gasteiger partial charge in [-0.25, -0.2) is 4.98 Å². The van der Waals surface area contributed by atoms with E-state index >= 15 is 0 Å². The van der Waals surface area contributed by atoms with Crippen molar-refractivity contribution >= 4 is 17.5 Å². The van der Waals surface area contributed by atoms with Gasteiger partial charge in [-0.15, -0.1) is 0 Å². The largest absolute Gasteiger partial charge is 0.479 e. The molecule has 0 saturated carbocycles. The van der Waals surface area contributed by atoms with Crippen molar-refractivity contribution < 1.29 is 9.53 Å². The van der Waals surface area contributed by atoms with Gasteiger partial charge in [0.15, 0.2) is 0 Å². The van der Waals surface area contributed by atoms with Crippen molar-refractivity contribution in [2.24, 2.45) is 0 Å². The number of para-hydroxylation sites is 1. The van der Waals surface area contributed by atoms with Crippen LogP contribution in [-0.2, 0) is 6.54 Å². The van der Waals surface area contributed by atoms with Gasteiger partial charge in [-0.2, -0.15) is 0 Å². The Morgan fingerprint density at radius 3 is 2.70 bits per heavy atom. The SMILES string of the molecule is O=C(NCC#CCOc1ccccc1Cl)c1ccc(Cn2ccnc2)cc1. The number of nitrogens with one attached hydrogen (secondary N) is 1. The van der Waals surface area contributed by atoms with Gasteiger partial charge in [-0.3, -0.25) is 4.79 Å². The van der Waals surface area contributed by atoms with Crippen LogP contribution in [0.25, 0.3) is 0 Å². The Morgan fingerprint density at radius 2 is 1.96 bits per heavy atom. The molecule has 3 aromatic rings. The maximum absolute atomic E-state index is 12.1. The summed E-state index contributed by atoms with van der Waals surface area (Å²) < 4.78 is 7.43. The topological polar surface area (TPSA) is 56.1 Å². The van der Waals surface area contributed by atoms with Crippen LogP contribution in [0.15, 0.2) is 67.3 Å². The number of amides is 1. The van der Waals surface area contributed by atoms with E-state index < -0.39 is 0 Å². The van der Waals surface area contributed by atoms with Crippen molar-refractivity contribution in [1.82, 2.24) is 14.9 Å². The van der Waals surface area contributed by atoms with Gasteiger partial charge >= 0.3 is 0 Å². The predicted molar refractivity (Wildman–Crippen MR) is 105 cm³/mol. The zero-order valence-electron chi connectivity index (χ0n) is 14.6. The summed E-state index contributed by atoms with van der Waals surface area (Å²) in [7, 11) is 0. The summed E-state index contributed by atoms with van der Waals surface area (Å²) in [5.41, 5.74) is 1.69. The molecule has 0 unspecified atom stereocenters. The van der Waals surface area contributed by atoms with Gasteiger partial charge in [0.2, 0.25) is 0 Å². The van der Waals surface area contributed by atoms with Crippen molar-refractivity contribution in [3.63, 3.8) is 0 Å². The molecule has 1 N–H and O–H groups in total. The lowest BCUT2D eigenvalue weighted by Gasteiger charge is -2.05. The van der Waals surface area contributed by atoms with Gasteiger partial charge in [-0.1, -0.05) is 47.7 Å². The summed E-state index contributed by atoms with van der Waals surface area (Å²) in [6, 6.07) is 14.7. The Bertz CT molecular complexity index is 942. The number of halogens is 1. The summed E-state index contributed by atoms with van der Waals surface area (Å²) in [6.45, 7) is 1.18. The van der Waals surface area contributed by atoms with Gasteiger partial charge < -0.3 is 14.6 Å². The average molecular weight is 380 g/mol. The van der Waals surface area contributed by atoms with Gasteiger partial charge in [0, 0.05) is 24.5 Å². The van der Waals surface area contributed by atoms with E-state index in [1.54, 1.807) is 36.8 Å². The molecule has 6 heteroatoms. The van der Waals surface area contributed by atoms with Crippen molar-refractivity contribution in [1.29, 1.82) is 0 Å². The van der Waals surface area contributed by atoms with E-state index in [1.165, 1.54) is 0 Å². The highest BCUT2D eigenvalue weighted by atomic mass is 35.5. The molecular formula is C21H18ClN3O2. The minimum atomic E-state index is -0.162. The van der Waals surface area contributed by atoms with Crippen LogP contribution < -0.4 is 10.1 Å². The van der Waals surface area contributed by atoms with Crippen molar-refractivity contribution in [2.45, 2.75) is 6.54 Å². The van der Waals surface area contributed by atoms with E-state index in [0.717, 1.165) is 12.1 Å². The highest BCUT2D eigenvalue weighted by Gasteiger charge is 2.04. The Labute approximate surface area is 163 Å². The molecule has 0 aliphatic rings. The Balaban J connectivity index is 1.42. The first-order chi connectivity index (χ1) is 13.2. The molecule has 1 aromatic heterocycles. The quantitative estimate of drug-likeness (QED) is 0.668. The van der Waals surface area contributed by atoms with Crippen molar-refractivity contribution in [3.05, 3.63) is 83.4 Å².